The fraction of sp³-hybridized carbons (Fsp3) is 0.154. The summed E-state index contributed by atoms with van der Waals surface area (Å²) in [5, 5.41) is 14.4. The summed E-state index contributed by atoms with van der Waals surface area (Å²) in [5.41, 5.74) is 1.79. The third-order valence-electron chi connectivity index (χ3n) is 2.82. The molecule has 3 rings (SSSR count). The summed E-state index contributed by atoms with van der Waals surface area (Å²) in [7, 11) is 0. The third-order valence-corrected chi connectivity index (χ3v) is 3.73. The van der Waals surface area contributed by atoms with Gasteiger partial charge < -0.3 is 5.11 Å². The van der Waals surface area contributed by atoms with Crippen molar-refractivity contribution in [2.24, 2.45) is 0 Å². The lowest BCUT2D eigenvalue weighted by atomic mass is 10.2. The second-order valence-electron chi connectivity index (χ2n) is 4.20. The van der Waals surface area contributed by atoms with E-state index in [1.54, 1.807) is 6.92 Å². The van der Waals surface area contributed by atoms with E-state index in [0.717, 1.165) is 10.6 Å². The molecule has 0 unspecified atom stereocenters. The van der Waals surface area contributed by atoms with Crippen LogP contribution in [0.25, 0.3) is 4.96 Å². The van der Waals surface area contributed by atoms with Crippen LogP contribution >= 0.6 is 11.3 Å². The number of rotatable bonds is 3. The maximum absolute atomic E-state index is 11.2. The van der Waals surface area contributed by atoms with E-state index in [1.165, 1.54) is 15.9 Å². The monoisotopic (exact) mass is 273 g/mol. The SMILES string of the molecule is Cc1nc2sc(Cc3ccccc3)nn2c1C(=O)O. The predicted octanol–water partition coefficient (Wildman–Crippen LogP) is 2.39. The van der Waals surface area contributed by atoms with Crippen molar-refractivity contribution in [2.75, 3.05) is 0 Å². The molecule has 0 saturated carbocycles. The molecule has 0 aliphatic rings. The Morgan fingerprint density at radius 1 is 1.37 bits per heavy atom. The molecule has 2 heterocycles. The Hall–Kier alpha value is -2.21. The molecule has 0 atom stereocenters. The Labute approximate surface area is 113 Å². The molecule has 0 fully saturated rings. The Kier molecular flexibility index (Phi) is 2.79. The van der Waals surface area contributed by atoms with Crippen LogP contribution < -0.4 is 0 Å². The number of imidazole rings is 1. The minimum atomic E-state index is -0.999. The standard InChI is InChI=1S/C13H11N3O2S/c1-8-11(12(17)18)16-13(14-8)19-10(15-16)7-9-5-3-2-4-6-9/h2-6H,7H2,1H3,(H,17,18). The van der Waals surface area contributed by atoms with Crippen molar-refractivity contribution < 1.29 is 9.90 Å². The van der Waals surface area contributed by atoms with Crippen molar-refractivity contribution in [1.82, 2.24) is 14.6 Å². The highest BCUT2D eigenvalue weighted by Gasteiger charge is 2.19. The number of carbonyl (C=O) groups is 1. The largest absolute Gasteiger partial charge is 0.476 e. The first kappa shape index (κ1) is 11.9. The van der Waals surface area contributed by atoms with E-state index < -0.39 is 5.97 Å². The zero-order valence-electron chi connectivity index (χ0n) is 10.2. The van der Waals surface area contributed by atoms with Gasteiger partial charge in [-0.25, -0.2) is 9.78 Å². The topological polar surface area (TPSA) is 67.5 Å². The first-order chi connectivity index (χ1) is 9.15. The molecule has 19 heavy (non-hydrogen) atoms. The number of benzene rings is 1. The van der Waals surface area contributed by atoms with Crippen LogP contribution in [0, 0.1) is 6.92 Å². The Morgan fingerprint density at radius 2 is 2.11 bits per heavy atom. The van der Waals surface area contributed by atoms with Gasteiger partial charge in [0.1, 0.15) is 5.01 Å². The maximum Gasteiger partial charge on any atom is 0.356 e. The van der Waals surface area contributed by atoms with Gasteiger partial charge in [-0.05, 0) is 12.5 Å². The number of aromatic carboxylic acids is 1. The maximum atomic E-state index is 11.2. The smallest absolute Gasteiger partial charge is 0.356 e. The molecule has 0 radical (unpaired) electrons. The molecule has 3 aromatic rings. The first-order valence-electron chi connectivity index (χ1n) is 5.77. The second kappa shape index (κ2) is 4.47. The van der Waals surface area contributed by atoms with Gasteiger partial charge in [0.15, 0.2) is 5.69 Å². The van der Waals surface area contributed by atoms with Crippen molar-refractivity contribution >= 4 is 22.3 Å². The molecular formula is C13H11N3O2S. The quantitative estimate of drug-likeness (QED) is 0.795. The van der Waals surface area contributed by atoms with Crippen LogP contribution in [0.15, 0.2) is 30.3 Å². The summed E-state index contributed by atoms with van der Waals surface area (Å²) < 4.78 is 1.42. The highest BCUT2D eigenvalue weighted by atomic mass is 32.1. The number of hydrogen-bond acceptors (Lipinski definition) is 4. The minimum absolute atomic E-state index is 0.144. The van der Waals surface area contributed by atoms with Crippen molar-refractivity contribution in [1.29, 1.82) is 0 Å². The summed E-state index contributed by atoms with van der Waals surface area (Å²) in [6, 6.07) is 9.95. The lowest BCUT2D eigenvalue weighted by Crippen LogP contribution is -2.04. The minimum Gasteiger partial charge on any atom is -0.476 e. The van der Waals surface area contributed by atoms with Crippen molar-refractivity contribution in [2.45, 2.75) is 13.3 Å². The van der Waals surface area contributed by atoms with Gasteiger partial charge in [-0.2, -0.15) is 9.61 Å². The normalized spacial score (nSPS) is 11.0. The van der Waals surface area contributed by atoms with E-state index in [9.17, 15) is 4.79 Å². The molecule has 2 aromatic heterocycles. The summed E-state index contributed by atoms with van der Waals surface area (Å²) in [6.07, 6.45) is 0.687. The van der Waals surface area contributed by atoms with Crippen molar-refractivity contribution in [3.05, 3.63) is 52.3 Å². The molecule has 0 bridgehead atoms. The molecule has 96 valence electrons. The lowest BCUT2D eigenvalue weighted by molar-refractivity contribution is 0.0687. The van der Waals surface area contributed by atoms with Gasteiger partial charge >= 0.3 is 5.97 Å². The van der Waals surface area contributed by atoms with Crippen LogP contribution in [-0.2, 0) is 6.42 Å². The Morgan fingerprint density at radius 3 is 2.79 bits per heavy atom. The number of aryl methyl sites for hydroxylation is 1. The van der Waals surface area contributed by atoms with Crippen molar-refractivity contribution in [3.63, 3.8) is 0 Å². The molecular weight excluding hydrogens is 262 g/mol. The van der Waals surface area contributed by atoms with Gasteiger partial charge in [0, 0.05) is 6.42 Å². The van der Waals surface area contributed by atoms with E-state index in [0.29, 0.717) is 17.1 Å². The number of aromatic nitrogens is 3. The van der Waals surface area contributed by atoms with Gasteiger partial charge in [-0.15, -0.1) is 0 Å². The number of carboxylic acid groups (broad SMARTS) is 1. The molecule has 0 aliphatic carbocycles. The van der Waals surface area contributed by atoms with Crippen LogP contribution in [0.2, 0.25) is 0 Å². The fourth-order valence-electron chi connectivity index (χ4n) is 1.98. The zero-order chi connectivity index (χ0) is 13.4. The average molecular weight is 273 g/mol. The first-order valence-corrected chi connectivity index (χ1v) is 6.59. The van der Waals surface area contributed by atoms with Gasteiger partial charge in [0.2, 0.25) is 4.96 Å². The summed E-state index contributed by atoms with van der Waals surface area (Å²) in [6.45, 7) is 1.68. The van der Waals surface area contributed by atoms with E-state index in [4.69, 9.17) is 5.11 Å². The number of nitrogens with zero attached hydrogens (tertiary/aromatic N) is 3. The van der Waals surface area contributed by atoms with E-state index >= 15 is 0 Å². The number of hydrogen-bond donors (Lipinski definition) is 1. The molecule has 5 nitrogen and oxygen atoms in total. The van der Waals surface area contributed by atoms with E-state index in [-0.39, 0.29) is 5.69 Å². The van der Waals surface area contributed by atoms with Crippen LogP contribution in [-0.4, -0.2) is 25.7 Å². The zero-order valence-corrected chi connectivity index (χ0v) is 11.0. The molecule has 0 aliphatic heterocycles. The van der Waals surface area contributed by atoms with Gasteiger partial charge in [-0.3, -0.25) is 0 Å². The molecule has 6 heteroatoms. The van der Waals surface area contributed by atoms with E-state index in [2.05, 4.69) is 10.1 Å². The Bertz CT molecular complexity index is 746. The van der Waals surface area contributed by atoms with Crippen molar-refractivity contribution in [3.8, 4) is 0 Å². The van der Waals surface area contributed by atoms with Gasteiger partial charge in [-0.1, -0.05) is 41.7 Å². The molecule has 1 N–H and O–H groups in total. The molecule has 0 spiro atoms. The number of fused-ring (bicyclic) bond motifs is 1. The van der Waals surface area contributed by atoms with Gasteiger partial charge in [0.25, 0.3) is 0 Å². The molecule has 0 amide bonds. The third kappa shape index (κ3) is 2.10. The van der Waals surface area contributed by atoms with Crippen LogP contribution in [0.1, 0.15) is 26.8 Å². The molecule has 1 aromatic carbocycles. The lowest BCUT2D eigenvalue weighted by Gasteiger charge is -1.96. The van der Waals surface area contributed by atoms with Gasteiger partial charge in [0.05, 0.1) is 5.69 Å². The fourth-order valence-corrected chi connectivity index (χ4v) is 2.95. The van der Waals surface area contributed by atoms with Crippen LogP contribution in [0.5, 0.6) is 0 Å². The Balaban J connectivity index is 2.01. The number of carboxylic acids is 1. The van der Waals surface area contributed by atoms with E-state index in [1.807, 2.05) is 30.3 Å². The summed E-state index contributed by atoms with van der Waals surface area (Å²) >= 11 is 1.42. The summed E-state index contributed by atoms with van der Waals surface area (Å²) in [4.78, 5) is 16.0. The van der Waals surface area contributed by atoms with Crippen LogP contribution in [0.4, 0.5) is 0 Å². The highest BCUT2D eigenvalue weighted by molar-refractivity contribution is 7.16. The summed E-state index contributed by atoms with van der Waals surface area (Å²) in [5.74, 6) is -0.999. The average Bonchev–Trinajstić information content (AvgIpc) is 2.85. The molecule has 0 saturated heterocycles. The predicted molar refractivity (Wildman–Crippen MR) is 71.8 cm³/mol. The highest BCUT2D eigenvalue weighted by Crippen LogP contribution is 2.20. The van der Waals surface area contributed by atoms with Crippen LogP contribution in [0.3, 0.4) is 0 Å². The second-order valence-corrected chi connectivity index (χ2v) is 5.24.